The monoisotopic (exact) mass is 171 g/mol. The number of nitrogens with zero attached hydrogens (tertiary/aromatic N) is 1. The van der Waals surface area contributed by atoms with Crippen molar-refractivity contribution in [1.29, 1.82) is 0 Å². The van der Waals surface area contributed by atoms with Crippen LogP contribution in [-0.2, 0) is 14.3 Å². The molecule has 0 bridgehead atoms. The van der Waals surface area contributed by atoms with E-state index in [1.54, 1.807) is 14.0 Å². The number of methoxy groups -OCH3 is 1. The standard InChI is InChI=1S/C8H13NO3/c1-5(10)9-6-3-8(11-2)12-4-7(6)9/h6-8H,3-4H2,1-2H3/t6-,7+,8-,9?/m1/s1. The Morgan fingerprint density at radius 3 is 2.92 bits per heavy atom. The van der Waals surface area contributed by atoms with Crippen molar-refractivity contribution in [2.45, 2.75) is 31.7 Å². The topological polar surface area (TPSA) is 38.5 Å². The summed E-state index contributed by atoms with van der Waals surface area (Å²) in [6.07, 6.45) is 0.705. The van der Waals surface area contributed by atoms with Crippen molar-refractivity contribution in [2.24, 2.45) is 0 Å². The highest BCUT2D eigenvalue weighted by atomic mass is 16.7. The van der Waals surface area contributed by atoms with E-state index in [1.807, 2.05) is 4.90 Å². The van der Waals surface area contributed by atoms with E-state index in [1.165, 1.54) is 0 Å². The summed E-state index contributed by atoms with van der Waals surface area (Å²) < 4.78 is 10.4. The minimum absolute atomic E-state index is 0.115. The van der Waals surface area contributed by atoms with Gasteiger partial charge < -0.3 is 14.4 Å². The first-order valence-electron chi connectivity index (χ1n) is 4.17. The fraction of sp³-hybridized carbons (Fsp3) is 0.875. The van der Waals surface area contributed by atoms with Gasteiger partial charge in [-0.1, -0.05) is 0 Å². The number of ether oxygens (including phenoxy) is 2. The molecule has 2 saturated heterocycles. The van der Waals surface area contributed by atoms with E-state index < -0.39 is 0 Å². The van der Waals surface area contributed by atoms with Crippen molar-refractivity contribution < 1.29 is 14.3 Å². The zero-order chi connectivity index (χ0) is 8.72. The maximum Gasteiger partial charge on any atom is 0.220 e. The van der Waals surface area contributed by atoms with Gasteiger partial charge in [0.2, 0.25) is 5.91 Å². The van der Waals surface area contributed by atoms with Gasteiger partial charge in [-0.15, -0.1) is 0 Å². The molecule has 0 aromatic heterocycles. The molecule has 0 radical (unpaired) electrons. The summed E-state index contributed by atoms with van der Waals surface area (Å²) in [5.74, 6) is 0.144. The number of fused-ring (bicyclic) bond motifs is 1. The Morgan fingerprint density at radius 1 is 1.58 bits per heavy atom. The van der Waals surface area contributed by atoms with Crippen molar-refractivity contribution in [3.8, 4) is 0 Å². The first-order valence-corrected chi connectivity index (χ1v) is 4.17. The Bertz CT molecular complexity index is 206. The van der Waals surface area contributed by atoms with Gasteiger partial charge in [-0.3, -0.25) is 4.79 Å². The first-order chi connectivity index (χ1) is 5.74. The van der Waals surface area contributed by atoms with E-state index in [0.717, 1.165) is 6.42 Å². The van der Waals surface area contributed by atoms with Gasteiger partial charge in [0, 0.05) is 20.5 Å². The Balaban J connectivity index is 1.93. The number of carbonyl (C=O) groups is 1. The maximum absolute atomic E-state index is 11.0. The van der Waals surface area contributed by atoms with Crippen LogP contribution >= 0.6 is 0 Å². The fourth-order valence-corrected chi connectivity index (χ4v) is 1.90. The second-order valence-electron chi connectivity index (χ2n) is 3.30. The summed E-state index contributed by atoms with van der Waals surface area (Å²) in [7, 11) is 1.63. The largest absolute Gasteiger partial charge is 0.356 e. The Labute approximate surface area is 71.4 Å². The molecule has 2 aliphatic rings. The predicted octanol–water partition coefficient (Wildman–Crippen LogP) is -0.0215. The van der Waals surface area contributed by atoms with Crippen LogP contribution in [0, 0.1) is 0 Å². The molecule has 1 amide bonds. The molecule has 0 saturated carbocycles. The highest BCUT2D eigenvalue weighted by Crippen LogP contribution is 2.36. The van der Waals surface area contributed by atoms with Crippen LogP contribution in [-0.4, -0.2) is 42.9 Å². The van der Waals surface area contributed by atoms with Gasteiger partial charge in [0.1, 0.15) is 0 Å². The fourth-order valence-electron chi connectivity index (χ4n) is 1.90. The van der Waals surface area contributed by atoms with Crippen molar-refractivity contribution in [3.63, 3.8) is 0 Å². The Morgan fingerprint density at radius 2 is 2.33 bits per heavy atom. The number of hydrogen-bond acceptors (Lipinski definition) is 3. The van der Waals surface area contributed by atoms with Crippen molar-refractivity contribution in [1.82, 2.24) is 4.90 Å². The molecule has 2 rings (SSSR count). The van der Waals surface area contributed by atoms with Crippen molar-refractivity contribution in [2.75, 3.05) is 13.7 Å². The normalized spacial score (nSPS) is 39.2. The molecule has 68 valence electrons. The third kappa shape index (κ3) is 1.11. The highest BCUT2D eigenvalue weighted by Gasteiger charge is 2.53. The third-order valence-electron chi connectivity index (χ3n) is 2.58. The van der Waals surface area contributed by atoms with Crippen molar-refractivity contribution in [3.05, 3.63) is 0 Å². The van der Waals surface area contributed by atoms with Crippen molar-refractivity contribution >= 4 is 5.91 Å². The van der Waals surface area contributed by atoms with Crippen LogP contribution in [0.1, 0.15) is 13.3 Å². The lowest BCUT2D eigenvalue weighted by Crippen LogP contribution is -2.26. The first kappa shape index (κ1) is 8.01. The lowest BCUT2D eigenvalue weighted by atomic mass is 10.2. The third-order valence-corrected chi connectivity index (χ3v) is 2.58. The summed E-state index contributed by atoms with van der Waals surface area (Å²) in [5.41, 5.74) is 0. The van der Waals surface area contributed by atoms with Crippen LogP contribution in [0.2, 0.25) is 0 Å². The van der Waals surface area contributed by atoms with Gasteiger partial charge in [0.15, 0.2) is 6.29 Å². The minimum Gasteiger partial charge on any atom is -0.356 e. The van der Waals surface area contributed by atoms with E-state index in [0.29, 0.717) is 18.7 Å². The molecule has 3 atom stereocenters. The van der Waals surface area contributed by atoms with Gasteiger partial charge in [-0.05, 0) is 0 Å². The molecule has 0 aromatic carbocycles. The Kier molecular flexibility index (Phi) is 1.81. The molecule has 0 spiro atoms. The van der Waals surface area contributed by atoms with Crippen LogP contribution in [0.3, 0.4) is 0 Å². The molecule has 12 heavy (non-hydrogen) atoms. The molecular formula is C8H13NO3. The van der Waals surface area contributed by atoms with E-state index in [2.05, 4.69) is 0 Å². The average molecular weight is 171 g/mol. The minimum atomic E-state index is -0.115. The molecule has 0 aliphatic carbocycles. The van der Waals surface area contributed by atoms with Crippen LogP contribution in [0.4, 0.5) is 0 Å². The van der Waals surface area contributed by atoms with Gasteiger partial charge in [0.25, 0.3) is 0 Å². The SMILES string of the molecule is CO[C@H]1C[C@@H]2[C@H](CO1)N2C(C)=O. The van der Waals surface area contributed by atoms with E-state index >= 15 is 0 Å². The lowest BCUT2D eigenvalue weighted by molar-refractivity contribution is -0.137. The van der Waals surface area contributed by atoms with Crippen LogP contribution in [0.15, 0.2) is 0 Å². The van der Waals surface area contributed by atoms with E-state index in [9.17, 15) is 4.79 Å². The lowest BCUT2D eigenvalue weighted by Gasteiger charge is -2.17. The molecule has 0 N–H and O–H groups in total. The molecule has 2 heterocycles. The predicted molar refractivity (Wildman–Crippen MR) is 41.5 cm³/mol. The van der Waals surface area contributed by atoms with Crippen LogP contribution in [0.5, 0.6) is 0 Å². The molecule has 0 unspecified atom stereocenters. The van der Waals surface area contributed by atoms with Gasteiger partial charge in [0.05, 0.1) is 18.7 Å². The maximum atomic E-state index is 11.0. The highest BCUT2D eigenvalue weighted by molar-refractivity contribution is 5.77. The summed E-state index contributed by atoms with van der Waals surface area (Å²) in [6.45, 7) is 2.23. The average Bonchev–Trinajstić information content (AvgIpc) is 2.76. The zero-order valence-electron chi connectivity index (χ0n) is 7.32. The smallest absolute Gasteiger partial charge is 0.220 e. The van der Waals surface area contributed by atoms with Crippen LogP contribution < -0.4 is 0 Å². The summed E-state index contributed by atoms with van der Waals surface area (Å²) in [6, 6.07) is 0.704. The van der Waals surface area contributed by atoms with E-state index in [-0.39, 0.29) is 12.2 Å². The molecule has 0 aromatic rings. The van der Waals surface area contributed by atoms with Crippen LogP contribution in [0.25, 0.3) is 0 Å². The molecule has 4 nitrogen and oxygen atoms in total. The van der Waals surface area contributed by atoms with Gasteiger partial charge >= 0.3 is 0 Å². The molecular weight excluding hydrogens is 158 g/mol. The number of rotatable bonds is 1. The summed E-state index contributed by atoms with van der Waals surface area (Å²) in [4.78, 5) is 12.9. The quantitative estimate of drug-likeness (QED) is 0.520. The number of carbonyl (C=O) groups excluding carboxylic acids is 1. The molecule has 4 heteroatoms. The number of hydrogen-bond donors (Lipinski definition) is 0. The second kappa shape index (κ2) is 2.71. The zero-order valence-corrected chi connectivity index (χ0v) is 7.32. The van der Waals surface area contributed by atoms with Gasteiger partial charge in [-0.25, -0.2) is 0 Å². The second-order valence-corrected chi connectivity index (χ2v) is 3.30. The molecule has 2 aliphatic heterocycles. The Hall–Kier alpha value is -0.610. The van der Waals surface area contributed by atoms with E-state index in [4.69, 9.17) is 9.47 Å². The van der Waals surface area contributed by atoms with Gasteiger partial charge in [-0.2, -0.15) is 0 Å². The molecule has 2 fully saturated rings. The number of amides is 1. The summed E-state index contributed by atoms with van der Waals surface area (Å²) >= 11 is 0. The summed E-state index contributed by atoms with van der Waals surface area (Å²) in [5, 5.41) is 0.